The minimum absolute atomic E-state index is 0.182. The van der Waals surface area contributed by atoms with Crippen molar-refractivity contribution >= 4 is 28.5 Å². The van der Waals surface area contributed by atoms with Crippen molar-refractivity contribution in [3.05, 3.63) is 33.1 Å². The van der Waals surface area contributed by atoms with Crippen molar-refractivity contribution in [1.29, 1.82) is 0 Å². The largest absolute Gasteiger partial charge is 0.338 e. The fraction of sp³-hybridized carbons (Fsp3) is 0.300. The van der Waals surface area contributed by atoms with Crippen molar-refractivity contribution in [3.8, 4) is 0 Å². The highest BCUT2D eigenvalue weighted by molar-refractivity contribution is 14.1. The minimum atomic E-state index is -0.422. The highest BCUT2D eigenvalue weighted by atomic mass is 127. The zero-order chi connectivity index (χ0) is 10.1. The lowest BCUT2D eigenvalue weighted by molar-refractivity contribution is 0.0646. The maximum Gasteiger partial charge on any atom is 0.257 e. The Labute approximate surface area is 95.2 Å². The Morgan fingerprint density at radius 3 is 2.64 bits per heavy atom. The molecule has 0 atom stereocenters. The van der Waals surface area contributed by atoms with Gasteiger partial charge in [-0.2, -0.15) is 0 Å². The van der Waals surface area contributed by atoms with E-state index >= 15 is 0 Å². The molecule has 74 valence electrons. The van der Waals surface area contributed by atoms with Gasteiger partial charge in [0, 0.05) is 16.7 Å². The average molecular weight is 305 g/mol. The zero-order valence-corrected chi connectivity index (χ0v) is 9.62. The fourth-order valence-electron chi connectivity index (χ4n) is 1.38. The molecule has 0 unspecified atom stereocenters. The molecule has 4 heteroatoms. The van der Waals surface area contributed by atoms with Crippen LogP contribution < -0.4 is 0 Å². The third-order valence-electron chi connectivity index (χ3n) is 2.32. The lowest BCUT2D eigenvalue weighted by Crippen LogP contribution is -2.42. The molecule has 0 N–H and O–H groups in total. The second-order valence-corrected chi connectivity index (χ2v) is 4.40. The maximum atomic E-state index is 13.4. The number of carbonyl (C=O) groups excluding carboxylic acids is 1. The van der Waals surface area contributed by atoms with Gasteiger partial charge in [0.05, 0.1) is 5.56 Å². The van der Waals surface area contributed by atoms with Crippen LogP contribution in [0, 0.1) is 9.39 Å². The SMILES string of the molecule is O=C(c1c(F)cccc1I)N1CCC1. The Morgan fingerprint density at radius 2 is 2.14 bits per heavy atom. The summed E-state index contributed by atoms with van der Waals surface area (Å²) < 4.78 is 14.0. The number of amides is 1. The van der Waals surface area contributed by atoms with Crippen LogP contribution in [-0.4, -0.2) is 23.9 Å². The van der Waals surface area contributed by atoms with Crippen LogP contribution in [0.25, 0.3) is 0 Å². The lowest BCUT2D eigenvalue weighted by atomic mass is 10.1. The van der Waals surface area contributed by atoms with E-state index in [9.17, 15) is 9.18 Å². The number of hydrogen-bond donors (Lipinski definition) is 0. The first-order valence-electron chi connectivity index (χ1n) is 4.43. The van der Waals surface area contributed by atoms with Crippen LogP contribution >= 0.6 is 22.6 Å². The summed E-state index contributed by atoms with van der Waals surface area (Å²) in [7, 11) is 0. The molecule has 1 heterocycles. The van der Waals surface area contributed by atoms with E-state index in [-0.39, 0.29) is 11.5 Å². The molecule has 1 amide bonds. The first-order valence-corrected chi connectivity index (χ1v) is 5.51. The molecule has 0 aliphatic carbocycles. The van der Waals surface area contributed by atoms with Gasteiger partial charge in [0.15, 0.2) is 0 Å². The molecule has 1 aromatic carbocycles. The van der Waals surface area contributed by atoms with Crippen molar-refractivity contribution in [1.82, 2.24) is 4.90 Å². The molecule has 2 rings (SSSR count). The second kappa shape index (κ2) is 3.84. The predicted octanol–water partition coefficient (Wildman–Crippen LogP) is 2.28. The molecule has 0 saturated carbocycles. The summed E-state index contributed by atoms with van der Waals surface area (Å²) in [5, 5.41) is 0. The normalized spacial score (nSPS) is 15.1. The van der Waals surface area contributed by atoms with Crippen molar-refractivity contribution in [3.63, 3.8) is 0 Å². The highest BCUT2D eigenvalue weighted by Gasteiger charge is 2.25. The smallest absolute Gasteiger partial charge is 0.257 e. The van der Waals surface area contributed by atoms with E-state index in [0.717, 1.165) is 19.5 Å². The summed E-state index contributed by atoms with van der Waals surface area (Å²) in [6, 6.07) is 4.69. The van der Waals surface area contributed by atoms with Gasteiger partial charge in [-0.25, -0.2) is 4.39 Å². The van der Waals surface area contributed by atoms with Gasteiger partial charge < -0.3 is 4.90 Å². The third kappa shape index (κ3) is 1.63. The molecule has 0 bridgehead atoms. The molecule has 0 aromatic heterocycles. The second-order valence-electron chi connectivity index (χ2n) is 3.24. The summed E-state index contributed by atoms with van der Waals surface area (Å²) in [6.07, 6.45) is 1.02. The number of likely N-dealkylation sites (tertiary alicyclic amines) is 1. The predicted molar refractivity (Wildman–Crippen MR) is 59.6 cm³/mol. The monoisotopic (exact) mass is 305 g/mol. The number of benzene rings is 1. The molecular weight excluding hydrogens is 296 g/mol. The van der Waals surface area contributed by atoms with E-state index in [0.29, 0.717) is 3.57 Å². The van der Waals surface area contributed by atoms with Crippen LogP contribution in [0.1, 0.15) is 16.8 Å². The molecule has 0 spiro atoms. The molecule has 2 nitrogen and oxygen atoms in total. The number of halogens is 2. The van der Waals surface area contributed by atoms with Crippen molar-refractivity contribution < 1.29 is 9.18 Å². The Morgan fingerprint density at radius 1 is 1.43 bits per heavy atom. The van der Waals surface area contributed by atoms with Crippen molar-refractivity contribution in [2.24, 2.45) is 0 Å². The van der Waals surface area contributed by atoms with E-state index in [4.69, 9.17) is 0 Å². The molecule has 1 aromatic rings. The maximum absolute atomic E-state index is 13.4. The first kappa shape index (κ1) is 9.89. The van der Waals surface area contributed by atoms with Crippen LogP contribution in [0.4, 0.5) is 4.39 Å². The highest BCUT2D eigenvalue weighted by Crippen LogP contribution is 2.20. The van der Waals surface area contributed by atoms with E-state index < -0.39 is 5.82 Å². The fourth-order valence-corrected chi connectivity index (χ4v) is 2.08. The van der Waals surface area contributed by atoms with E-state index in [1.54, 1.807) is 17.0 Å². The van der Waals surface area contributed by atoms with Gasteiger partial charge in [0.25, 0.3) is 5.91 Å². The van der Waals surface area contributed by atoms with Crippen LogP contribution in [-0.2, 0) is 0 Å². The molecule has 1 aliphatic heterocycles. The molecule has 0 radical (unpaired) electrons. The minimum Gasteiger partial charge on any atom is -0.338 e. The average Bonchev–Trinajstić information content (AvgIpc) is 2.00. The standard InChI is InChI=1S/C10H9FINO/c11-7-3-1-4-8(12)9(7)10(14)13-5-2-6-13/h1,3-4H,2,5-6H2. The summed E-state index contributed by atoms with van der Waals surface area (Å²) in [6.45, 7) is 1.51. The molecule has 1 fully saturated rings. The lowest BCUT2D eigenvalue weighted by Gasteiger charge is -2.31. The van der Waals surface area contributed by atoms with Gasteiger partial charge in [-0.05, 0) is 41.1 Å². The van der Waals surface area contributed by atoms with Gasteiger partial charge >= 0.3 is 0 Å². The summed E-state index contributed by atoms with van der Waals surface area (Å²) in [4.78, 5) is 13.4. The van der Waals surface area contributed by atoms with E-state index in [1.807, 2.05) is 22.6 Å². The molecule has 14 heavy (non-hydrogen) atoms. The summed E-state index contributed by atoms with van der Waals surface area (Å²) in [5.74, 6) is -0.604. The Kier molecular flexibility index (Phi) is 2.71. The number of carbonyl (C=O) groups is 1. The molecular formula is C10H9FINO. The van der Waals surface area contributed by atoms with Gasteiger partial charge in [-0.15, -0.1) is 0 Å². The van der Waals surface area contributed by atoms with Gasteiger partial charge in [0.2, 0.25) is 0 Å². The molecule has 1 aliphatic rings. The summed E-state index contributed by atoms with van der Waals surface area (Å²) in [5.41, 5.74) is 0.216. The van der Waals surface area contributed by atoms with Gasteiger partial charge in [-0.3, -0.25) is 4.79 Å². The number of hydrogen-bond acceptors (Lipinski definition) is 1. The number of nitrogens with zero attached hydrogens (tertiary/aromatic N) is 1. The Bertz CT molecular complexity index is 356. The van der Waals surface area contributed by atoms with E-state index in [2.05, 4.69) is 0 Å². The topological polar surface area (TPSA) is 20.3 Å². The Balaban J connectivity index is 2.34. The molecule has 1 saturated heterocycles. The van der Waals surface area contributed by atoms with Crippen LogP contribution in [0.3, 0.4) is 0 Å². The van der Waals surface area contributed by atoms with Crippen molar-refractivity contribution in [2.75, 3.05) is 13.1 Å². The van der Waals surface area contributed by atoms with Crippen molar-refractivity contribution in [2.45, 2.75) is 6.42 Å². The number of rotatable bonds is 1. The van der Waals surface area contributed by atoms with Gasteiger partial charge in [0.1, 0.15) is 5.82 Å². The quantitative estimate of drug-likeness (QED) is 0.729. The first-order chi connectivity index (χ1) is 6.70. The van der Waals surface area contributed by atoms with Crippen LogP contribution in [0.2, 0.25) is 0 Å². The van der Waals surface area contributed by atoms with Crippen LogP contribution in [0.5, 0.6) is 0 Å². The Hall–Kier alpha value is -0.650. The van der Waals surface area contributed by atoms with Crippen LogP contribution in [0.15, 0.2) is 18.2 Å². The zero-order valence-electron chi connectivity index (χ0n) is 7.46. The van der Waals surface area contributed by atoms with Gasteiger partial charge in [-0.1, -0.05) is 6.07 Å². The summed E-state index contributed by atoms with van der Waals surface area (Å²) >= 11 is 1.99. The third-order valence-corrected chi connectivity index (χ3v) is 3.22. The van der Waals surface area contributed by atoms with E-state index in [1.165, 1.54) is 6.07 Å².